The molecule has 0 N–H and O–H groups in total. The SMILES string of the molecule is COc1cc2c(=O)n(-c3ccccc3)c(=O)n(CC(=O)c3ccccc3)c2cc1OC. The molecular weight excluding hydrogens is 396 g/mol. The number of carbonyl (C=O) groups is 1. The lowest BCUT2D eigenvalue weighted by Crippen LogP contribution is -2.40. The number of benzene rings is 3. The van der Waals surface area contributed by atoms with Crippen molar-refractivity contribution in [3.05, 3.63) is 99.2 Å². The number of fused-ring (bicyclic) bond motifs is 1. The zero-order chi connectivity index (χ0) is 22.0. The Morgan fingerprint density at radius 3 is 2.03 bits per heavy atom. The number of Topliss-reactive ketones (excluding diaryl/α,β-unsaturated/α-hetero) is 1. The number of methoxy groups -OCH3 is 2. The molecule has 1 aromatic heterocycles. The third-order valence-electron chi connectivity index (χ3n) is 5.06. The summed E-state index contributed by atoms with van der Waals surface area (Å²) in [5, 5.41) is 0.238. The minimum absolute atomic E-state index is 0.234. The fraction of sp³-hybridized carbons (Fsp3) is 0.125. The van der Waals surface area contributed by atoms with E-state index in [1.165, 1.54) is 24.9 Å². The highest BCUT2D eigenvalue weighted by Crippen LogP contribution is 2.30. The van der Waals surface area contributed by atoms with Crippen molar-refractivity contribution in [1.29, 1.82) is 0 Å². The van der Waals surface area contributed by atoms with Gasteiger partial charge in [-0.15, -0.1) is 0 Å². The van der Waals surface area contributed by atoms with Crippen molar-refractivity contribution in [2.75, 3.05) is 14.2 Å². The Morgan fingerprint density at radius 1 is 0.839 bits per heavy atom. The molecule has 4 aromatic rings. The molecular formula is C24H20N2O5. The van der Waals surface area contributed by atoms with Gasteiger partial charge in [0, 0.05) is 11.6 Å². The molecule has 0 aliphatic carbocycles. The van der Waals surface area contributed by atoms with Crippen molar-refractivity contribution in [2.45, 2.75) is 6.54 Å². The molecule has 7 heteroatoms. The van der Waals surface area contributed by atoms with Gasteiger partial charge < -0.3 is 9.47 Å². The molecule has 4 rings (SSSR count). The second-order valence-corrected chi connectivity index (χ2v) is 6.86. The molecule has 0 saturated heterocycles. The van der Waals surface area contributed by atoms with Gasteiger partial charge in [-0.2, -0.15) is 0 Å². The maximum atomic E-state index is 13.4. The summed E-state index contributed by atoms with van der Waals surface area (Å²) >= 11 is 0. The Labute approximate surface area is 177 Å². The van der Waals surface area contributed by atoms with E-state index in [0.717, 1.165) is 4.57 Å². The average molecular weight is 416 g/mol. The second kappa shape index (κ2) is 8.31. The molecule has 0 amide bonds. The van der Waals surface area contributed by atoms with Crippen LogP contribution in [0.2, 0.25) is 0 Å². The number of carbonyl (C=O) groups excluding carboxylic acids is 1. The number of ketones is 1. The molecule has 3 aromatic carbocycles. The Kier molecular flexibility index (Phi) is 5.41. The summed E-state index contributed by atoms with van der Waals surface area (Å²) in [5.74, 6) is 0.454. The highest BCUT2D eigenvalue weighted by molar-refractivity contribution is 5.96. The highest BCUT2D eigenvalue weighted by atomic mass is 16.5. The number of aromatic nitrogens is 2. The van der Waals surface area contributed by atoms with Crippen LogP contribution in [0, 0.1) is 0 Å². The van der Waals surface area contributed by atoms with Gasteiger partial charge in [0.15, 0.2) is 17.3 Å². The topological polar surface area (TPSA) is 79.5 Å². The van der Waals surface area contributed by atoms with Crippen molar-refractivity contribution in [1.82, 2.24) is 9.13 Å². The standard InChI is InChI=1S/C24H20N2O5/c1-30-21-13-18-19(14-22(21)31-2)25(15-20(27)16-9-5-3-6-10-16)24(29)26(23(18)28)17-11-7-4-8-12-17/h3-14H,15H2,1-2H3. The molecule has 1 heterocycles. The molecule has 0 saturated carbocycles. The van der Waals surface area contributed by atoms with Crippen LogP contribution < -0.4 is 20.7 Å². The molecule has 0 atom stereocenters. The van der Waals surface area contributed by atoms with Crippen LogP contribution in [0.25, 0.3) is 16.6 Å². The van der Waals surface area contributed by atoms with Crippen LogP contribution in [-0.4, -0.2) is 29.1 Å². The van der Waals surface area contributed by atoms with Crippen molar-refractivity contribution in [3.63, 3.8) is 0 Å². The van der Waals surface area contributed by atoms with Crippen LogP contribution in [-0.2, 0) is 6.54 Å². The zero-order valence-electron chi connectivity index (χ0n) is 17.1. The minimum Gasteiger partial charge on any atom is -0.493 e. The Balaban J connectivity index is 2.03. The van der Waals surface area contributed by atoms with Crippen molar-refractivity contribution in [2.24, 2.45) is 0 Å². The summed E-state index contributed by atoms with van der Waals surface area (Å²) in [6.07, 6.45) is 0. The quantitative estimate of drug-likeness (QED) is 0.452. The summed E-state index contributed by atoms with van der Waals surface area (Å²) in [4.78, 5) is 39.6. The summed E-state index contributed by atoms with van der Waals surface area (Å²) in [7, 11) is 2.93. The lowest BCUT2D eigenvalue weighted by molar-refractivity contribution is 0.0971. The Bertz CT molecular complexity index is 1370. The zero-order valence-corrected chi connectivity index (χ0v) is 17.1. The van der Waals surface area contributed by atoms with Crippen LogP contribution in [0.3, 0.4) is 0 Å². The van der Waals surface area contributed by atoms with Gasteiger partial charge in [0.1, 0.15) is 0 Å². The number of para-hydroxylation sites is 1. The molecule has 0 unspecified atom stereocenters. The van der Waals surface area contributed by atoms with E-state index in [9.17, 15) is 14.4 Å². The van der Waals surface area contributed by atoms with E-state index in [1.807, 2.05) is 6.07 Å². The van der Waals surface area contributed by atoms with Gasteiger partial charge >= 0.3 is 5.69 Å². The first-order chi connectivity index (χ1) is 15.0. The highest BCUT2D eigenvalue weighted by Gasteiger charge is 2.20. The summed E-state index contributed by atoms with van der Waals surface area (Å²) in [6, 6.07) is 20.4. The normalized spacial score (nSPS) is 10.8. The molecule has 0 aliphatic rings. The minimum atomic E-state index is -0.611. The lowest BCUT2D eigenvalue weighted by atomic mass is 10.1. The van der Waals surface area contributed by atoms with Crippen LogP contribution in [0.4, 0.5) is 0 Å². The molecule has 0 bridgehead atoms. The number of hydrogen-bond donors (Lipinski definition) is 0. The average Bonchev–Trinajstić information content (AvgIpc) is 2.82. The fourth-order valence-electron chi connectivity index (χ4n) is 3.51. The van der Waals surface area contributed by atoms with Gasteiger partial charge in [0.05, 0.1) is 37.4 Å². The first-order valence-corrected chi connectivity index (χ1v) is 9.60. The van der Waals surface area contributed by atoms with Crippen LogP contribution in [0.1, 0.15) is 10.4 Å². The van der Waals surface area contributed by atoms with E-state index in [1.54, 1.807) is 60.7 Å². The van der Waals surface area contributed by atoms with E-state index >= 15 is 0 Å². The maximum absolute atomic E-state index is 13.4. The van der Waals surface area contributed by atoms with Crippen LogP contribution in [0.5, 0.6) is 11.5 Å². The number of hydrogen-bond acceptors (Lipinski definition) is 5. The molecule has 0 fully saturated rings. The van der Waals surface area contributed by atoms with Gasteiger partial charge in [-0.05, 0) is 18.2 Å². The lowest BCUT2D eigenvalue weighted by Gasteiger charge is -2.16. The molecule has 0 radical (unpaired) electrons. The summed E-state index contributed by atoms with van der Waals surface area (Å²) in [5.41, 5.74) is 0.0652. The monoisotopic (exact) mass is 416 g/mol. The predicted molar refractivity (Wildman–Crippen MR) is 118 cm³/mol. The van der Waals surface area contributed by atoms with E-state index in [-0.39, 0.29) is 17.7 Å². The molecule has 31 heavy (non-hydrogen) atoms. The van der Waals surface area contributed by atoms with Gasteiger partial charge in [-0.3, -0.25) is 14.2 Å². The molecule has 156 valence electrons. The maximum Gasteiger partial charge on any atom is 0.336 e. The third-order valence-corrected chi connectivity index (χ3v) is 5.06. The predicted octanol–water partition coefficient (Wildman–Crippen LogP) is 3.05. The first kappa shape index (κ1) is 20.2. The fourth-order valence-corrected chi connectivity index (χ4v) is 3.51. The number of nitrogens with zero attached hydrogens (tertiary/aromatic N) is 2. The first-order valence-electron chi connectivity index (χ1n) is 9.60. The van der Waals surface area contributed by atoms with Gasteiger partial charge in [0.25, 0.3) is 5.56 Å². The van der Waals surface area contributed by atoms with Gasteiger partial charge in [-0.1, -0.05) is 48.5 Å². The second-order valence-electron chi connectivity index (χ2n) is 6.86. The molecule has 0 aliphatic heterocycles. The third kappa shape index (κ3) is 3.61. The summed E-state index contributed by atoms with van der Waals surface area (Å²) in [6.45, 7) is -0.234. The van der Waals surface area contributed by atoms with Crippen molar-refractivity contribution in [3.8, 4) is 17.2 Å². The van der Waals surface area contributed by atoms with Gasteiger partial charge in [-0.25, -0.2) is 9.36 Å². The number of ether oxygens (including phenoxy) is 2. The van der Waals surface area contributed by atoms with E-state index in [2.05, 4.69) is 0 Å². The largest absolute Gasteiger partial charge is 0.493 e. The van der Waals surface area contributed by atoms with Crippen LogP contribution in [0.15, 0.2) is 82.4 Å². The Morgan fingerprint density at radius 2 is 1.42 bits per heavy atom. The number of rotatable bonds is 6. The summed E-state index contributed by atoms with van der Waals surface area (Å²) < 4.78 is 13.0. The smallest absolute Gasteiger partial charge is 0.336 e. The van der Waals surface area contributed by atoms with Crippen LogP contribution >= 0.6 is 0 Å². The van der Waals surface area contributed by atoms with Crippen molar-refractivity contribution < 1.29 is 14.3 Å². The van der Waals surface area contributed by atoms with Gasteiger partial charge in [0.2, 0.25) is 0 Å². The van der Waals surface area contributed by atoms with E-state index in [4.69, 9.17) is 9.47 Å². The Hall–Kier alpha value is -4.13. The van der Waals surface area contributed by atoms with Crippen molar-refractivity contribution >= 4 is 16.7 Å². The molecule has 0 spiro atoms. The molecule has 7 nitrogen and oxygen atoms in total. The van der Waals surface area contributed by atoms with E-state index in [0.29, 0.717) is 28.3 Å². The van der Waals surface area contributed by atoms with E-state index < -0.39 is 11.2 Å².